The quantitative estimate of drug-likeness (QED) is 0.822. The number of halogens is 1. The first-order valence-corrected chi connectivity index (χ1v) is 8.70. The molecule has 0 radical (unpaired) electrons. The summed E-state index contributed by atoms with van der Waals surface area (Å²) in [7, 11) is 0.777. The number of ether oxygens (including phenoxy) is 1. The van der Waals surface area contributed by atoms with E-state index in [0.29, 0.717) is 22.0 Å². The number of phenolic OH excluding ortho intramolecular Hbond substituents is 1. The number of aromatic hydroxyl groups is 1. The molecule has 0 bridgehead atoms. The summed E-state index contributed by atoms with van der Waals surface area (Å²) in [5.74, 6) is 0.421. The smallest absolute Gasteiger partial charge is 0.242 e. The molecule has 0 fully saturated rings. The number of phenols is 1. The lowest BCUT2D eigenvalue weighted by Gasteiger charge is -2.13. The van der Waals surface area contributed by atoms with E-state index in [9.17, 15) is 13.5 Å². The van der Waals surface area contributed by atoms with Crippen molar-refractivity contribution in [2.24, 2.45) is 4.99 Å². The highest BCUT2D eigenvalue weighted by Crippen LogP contribution is 2.31. The zero-order chi connectivity index (χ0) is 17.9. The summed E-state index contributed by atoms with van der Waals surface area (Å²) < 4.78 is 30.8. The first-order chi connectivity index (χ1) is 11.3. The highest BCUT2D eigenvalue weighted by atomic mass is 35.5. The third-order valence-electron chi connectivity index (χ3n) is 3.26. The molecule has 8 heteroatoms. The van der Waals surface area contributed by atoms with E-state index in [2.05, 4.69) is 4.99 Å². The summed E-state index contributed by atoms with van der Waals surface area (Å²) in [4.78, 5) is 4.32. The number of rotatable bonds is 5. The third-order valence-corrected chi connectivity index (χ3v) is 5.31. The molecule has 2 aromatic rings. The van der Waals surface area contributed by atoms with Gasteiger partial charge in [0, 0.05) is 30.9 Å². The van der Waals surface area contributed by atoms with Gasteiger partial charge in [-0.05, 0) is 36.4 Å². The number of hydrogen-bond donors (Lipinski definition) is 1. The Morgan fingerprint density at radius 2 is 1.92 bits per heavy atom. The van der Waals surface area contributed by atoms with Gasteiger partial charge in [0.2, 0.25) is 10.0 Å². The molecule has 0 aliphatic heterocycles. The van der Waals surface area contributed by atoms with Crippen molar-refractivity contribution in [1.29, 1.82) is 0 Å². The Hall–Kier alpha value is -2.09. The Bertz CT molecular complexity index is 880. The summed E-state index contributed by atoms with van der Waals surface area (Å²) in [6, 6.07) is 8.94. The van der Waals surface area contributed by atoms with Gasteiger partial charge in [-0.25, -0.2) is 12.7 Å². The van der Waals surface area contributed by atoms with E-state index in [1.54, 1.807) is 12.1 Å². The van der Waals surface area contributed by atoms with E-state index in [-0.39, 0.29) is 10.6 Å². The zero-order valence-corrected chi connectivity index (χ0v) is 15.0. The van der Waals surface area contributed by atoms with Crippen molar-refractivity contribution in [2.45, 2.75) is 4.90 Å². The predicted octanol–water partition coefficient (Wildman–Crippen LogP) is 3.06. The van der Waals surface area contributed by atoms with Crippen molar-refractivity contribution < 1.29 is 18.3 Å². The minimum Gasteiger partial charge on any atom is -0.507 e. The van der Waals surface area contributed by atoms with Gasteiger partial charge in [-0.3, -0.25) is 4.99 Å². The van der Waals surface area contributed by atoms with E-state index in [1.165, 1.54) is 51.7 Å². The topological polar surface area (TPSA) is 79.2 Å². The molecule has 128 valence electrons. The lowest BCUT2D eigenvalue weighted by molar-refractivity contribution is 0.416. The maximum Gasteiger partial charge on any atom is 0.242 e. The lowest BCUT2D eigenvalue weighted by atomic mass is 10.2. The van der Waals surface area contributed by atoms with Crippen LogP contribution in [0, 0.1) is 0 Å². The average molecular weight is 369 g/mol. The Balaban J connectivity index is 2.49. The van der Waals surface area contributed by atoms with Gasteiger partial charge in [0.15, 0.2) is 0 Å². The van der Waals surface area contributed by atoms with Gasteiger partial charge in [0.1, 0.15) is 17.2 Å². The molecule has 0 aliphatic rings. The summed E-state index contributed by atoms with van der Waals surface area (Å²) >= 11 is 5.89. The molecule has 0 heterocycles. The monoisotopic (exact) mass is 368 g/mol. The second-order valence-electron chi connectivity index (χ2n) is 5.08. The van der Waals surface area contributed by atoms with Crippen LogP contribution in [0.25, 0.3) is 0 Å². The Labute approximate surface area is 146 Å². The number of nitrogens with zero attached hydrogens (tertiary/aromatic N) is 2. The minimum absolute atomic E-state index is 0.0131. The number of benzene rings is 2. The van der Waals surface area contributed by atoms with Crippen LogP contribution in [-0.4, -0.2) is 45.2 Å². The van der Waals surface area contributed by atoms with Crippen molar-refractivity contribution in [3.05, 3.63) is 47.0 Å². The van der Waals surface area contributed by atoms with Crippen LogP contribution >= 0.6 is 11.6 Å². The van der Waals surface area contributed by atoms with E-state index < -0.39 is 10.0 Å². The molecule has 0 aliphatic carbocycles. The van der Waals surface area contributed by atoms with Crippen LogP contribution in [0.5, 0.6) is 11.5 Å². The lowest BCUT2D eigenvalue weighted by Crippen LogP contribution is -2.22. The van der Waals surface area contributed by atoms with Gasteiger partial charge < -0.3 is 9.84 Å². The highest BCUT2D eigenvalue weighted by Gasteiger charge is 2.18. The molecule has 0 saturated heterocycles. The summed E-state index contributed by atoms with van der Waals surface area (Å²) in [6.45, 7) is 0. The fourth-order valence-electron chi connectivity index (χ4n) is 1.91. The van der Waals surface area contributed by atoms with Crippen molar-refractivity contribution in [1.82, 2.24) is 4.31 Å². The normalized spacial score (nSPS) is 12.0. The first-order valence-electron chi connectivity index (χ1n) is 6.89. The van der Waals surface area contributed by atoms with Crippen molar-refractivity contribution in [3.8, 4) is 11.5 Å². The van der Waals surface area contributed by atoms with Crippen LogP contribution in [0.3, 0.4) is 0 Å². The van der Waals surface area contributed by atoms with Gasteiger partial charge in [0.25, 0.3) is 0 Å². The van der Waals surface area contributed by atoms with Gasteiger partial charge >= 0.3 is 0 Å². The largest absolute Gasteiger partial charge is 0.507 e. The molecule has 0 saturated carbocycles. The molecule has 2 rings (SSSR count). The molecular weight excluding hydrogens is 352 g/mol. The fraction of sp³-hybridized carbons (Fsp3) is 0.188. The maximum atomic E-state index is 12.2. The molecule has 6 nitrogen and oxygen atoms in total. The van der Waals surface area contributed by atoms with Crippen LogP contribution in [0.15, 0.2) is 46.3 Å². The van der Waals surface area contributed by atoms with E-state index >= 15 is 0 Å². The number of methoxy groups -OCH3 is 1. The molecule has 0 unspecified atom stereocenters. The van der Waals surface area contributed by atoms with Gasteiger partial charge in [0.05, 0.1) is 12.0 Å². The second kappa shape index (κ2) is 7.21. The van der Waals surface area contributed by atoms with Crippen LogP contribution in [0.4, 0.5) is 5.69 Å². The number of sulfonamides is 1. The van der Waals surface area contributed by atoms with Crippen molar-refractivity contribution in [2.75, 3.05) is 21.2 Å². The molecule has 24 heavy (non-hydrogen) atoms. The van der Waals surface area contributed by atoms with Crippen LogP contribution in [0.2, 0.25) is 5.02 Å². The highest BCUT2D eigenvalue weighted by molar-refractivity contribution is 7.89. The average Bonchev–Trinajstić information content (AvgIpc) is 2.55. The van der Waals surface area contributed by atoms with Crippen LogP contribution in [-0.2, 0) is 10.0 Å². The molecule has 0 amide bonds. The predicted molar refractivity (Wildman–Crippen MR) is 94.2 cm³/mol. The van der Waals surface area contributed by atoms with Crippen LogP contribution in [0.1, 0.15) is 5.56 Å². The third kappa shape index (κ3) is 3.87. The first kappa shape index (κ1) is 18.3. The van der Waals surface area contributed by atoms with Crippen molar-refractivity contribution >= 4 is 33.5 Å². The standard InChI is InChI=1S/C16H17ClN2O4S/c1-19(2)24(21,22)13-5-7-16(23-3)14(9-13)18-10-11-8-12(17)4-6-15(11)20/h4-10,20H,1-3H3. The van der Waals surface area contributed by atoms with E-state index in [4.69, 9.17) is 16.3 Å². The van der Waals surface area contributed by atoms with Crippen molar-refractivity contribution in [3.63, 3.8) is 0 Å². The molecule has 0 atom stereocenters. The van der Waals surface area contributed by atoms with Gasteiger partial charge in [-0.2, -0.15) is 0 Å². The molecular formula is C16H17ClN2O4S. The Morgan fingerprint density at radius 1 is 1.21 bits per heavy atom. The summed E-state index contributed by atoms with van der Waals surface area (Å²) in [5, 5.41) is 10.3. The van der Waals surface area contributed by atoms with Crippen LogP contribution < -0.4 is 4.74 Å². The molecule has 2 aromatic carbocycles. The molecule has 1 N–H and O–H groups in total. The summed E-state index contributed by atoms with van der Waals surface area (Å²) in [5.41, 5.74) is 0.727. The fourth-order valence-corrected chi connectivity index (χ4v) is 3.01. The van der Waals surface area contributed by atoms with Gasteiger partial charge in [-0.15, -0.1) is 0 Å². The SMILES string of the molecule is COc1ccc(S(=O)(=O)N(C)C)cc1N=Cc1cc(Cl)ccc1O. The van der Waals surface area contributed by atoms with E-state index in [1.807, 2.05) is 0 Å². The Morgan fingerprint density at radius 3 is 2.54 bits per heavy atom. The summed E-state index contributed by atoms with van der Waals surface area (Å²) in [6.07, 6.45) is 1.39. The Kier molecular flexibility index (Phi) is 5.48. The zero-order valence-electron chi connectivity index (χ0n) is 13.4. The second-order valence-corrected chi connectivity index (χ2v) is 7.67. The van der Waals surface area contributed by atoms with E-state index in [0.717, 1.165) is 4.31 Å². The number of hydrogen-bond acceptors (Lipinski definition) is 5. The minimum atomic E-state index is -3.59. The van der Waals surface area contributed by atoms with Gasteiger partial charge in [-0.1, -0.05) is 11.6 Å². The molecule has 0 spiro atoms. The number of aliphatic imine (C=N–C) groups is 1. The maximum absolute atomic E-state index is 12.2. The molecule has 0 aromatic heterocycles.